The number of aliphatic hydroxyl groups is 1. The second-order valence-corrected chi connectivity index (χ2v) is 7.36. The van der Waals surface area contributed by atoms with E-state index < -0.39 is 23.5 Å². The predicted molar refractivity (Wildman–Crippen MR) is 110 cm³/mol. The number of carbonyl (C=O) groups is 2. The van der Waals surface area contributed by atoms with Gasteiger partial charge in [-0.2, -0.15) is 0 Å². The second-order valence-electron chi connectivity index (χ2n) is 6.41. The number of thiophene rings is 1. The average Bonchev–Trinajstić information content (AvgIpc) is 3.36. The van der Waals surface area contributed by atoms with E-state index in [1.54, 1.807) is 53.9 Å². The van der Waals surface area contributed by atoms with Crippen molar-refractivity contribution < 1.29 is 24.5 Å². The molecule has 2 heterocycles. The Labute approximate surface area is 170 Å². The maximum atomic E-state index is 13.2. The zero-order chi connectivity index (χ0) is 20.5. The highest BCUT2D eigenvalue weighted by molar-refractivity contribution is 7.12. The van der Waals surface area contributed by atoms with Gasteiger partial charge in [-0.1, -0.05) is 30.3 Å². The Balaban J connectivity index is 1.91. The molecule has 0 spiro atoms. The molecule has 1 aliphatic rings. The van der Waals surface area contributed by atoms with E-state index in [9.17, 15) is 19.8 Å². The molecule has 1 aromatic heterocycles. The predicted octanol–water partition coefficient (Wildman–Crippen LogP) is 4.25. The first kappa shape index (κ1) is 18.8. The number of ether oxygens (including phenoxy) is 1. The molecule has 0 bridgehead atoms. The van der Waals surface area contributed by atoms with Gasteiger partial charge in [0.1, 0.15) is 11.5 Å². The van der Waals surface area contributed by atoms with Gasteiger partial charge in [-0.15, -0.1) is 11.3 Å². The van der Waals surface area contributed by atoms with Gasteiger partial charge in [-0.3, -0.25) is 14.5 Å². The third-order valence-corrected chi connectivity index (χ3v) is 5.62. The summed E-state index contributed by atoms with van der Waals surface area (Å²) in [6, 6.07) is 15.6. The molecule has 2 aromatic carbocycles. The number of rotatable bonds is 5. The lowest BCUT2D eigenvalue weighted by Gasteiger charge is -2.28. The molecule has 0 fully saturated rings. The molecule has 1 aliphatic heterocycles. The first-order chi connectivity index (χ1) is 14.0. The SMILES string of the molecule is COc1ccccc1N1C(=O)C(O)=C(C(=O)c2cccs2)C1c1ccc(O)cc1. The van der Waals surface area contributed by atoms with Crippen molar-refractivity contribution in [3.63, 3.8) is 0 Å². The van der Waals surface area contributed by atoms with Crippen LogP contribution in [0.1, 0.15) is 21.3 Å². The Hall–Kier alpha value is -3.58. The number of Topliss-reactive ketones (excluding diaryl/α,β-unsaturated/α-hetero) is 1. The van der Waals surface area contributed by atoms with Crippen molar-refractivity contribution >= 4 is 28.7 Å². The van der Waals surface area contributed by atoms with Crippen molar-refractivity contribution in [1.82, 2.24) is 0 Å². The molecule has 7 heteroatoms. The van der Waals surface area contributed by atoms with Crippen LogP contribution in [0.5, 0.6) is 11.5 Å². The van der Waals surface area contributed by atoms with E-state index in [1.165, 1.54) is 35.5 Å². The van der Waals surface area contributed by atoms with Crippen LogP contribution in [0, 0.1) is 0 Å². The number of phenols is 1. The third kappa shape index (κ3) is 3.15. The molecule has 4 rings (SSSR count). The Bertz CT molecular complexity index is 1100. The highest BCUT2D eigenvalue weighted by Gasteiger charge is 2.45. The van der Waals surface area contributed by atoms with E-state index >= 15 is 0 Å². The minimum atomic E-state index is -0.867. The molecular formula is C22H17NO5S. The molecule has 0 saturated carbocycles. The molecule has 0 saturated heterocycles. The van der Waals surface area contributed by atoms with Gasteiger partial charge in [0.25, 0.3) is 5.91 Å². The lowest BCUT2D eigenvalue weighted by molar-refractivity contribution is -0.117. The summed E-state index contributed by atoms with van der Waals surface area (Å²) in [5.74, 6) is -1.20. The van der Waals surface area contributed by atoms with E-state index in [-0.39, 0.29) is 11.3 Å². The molecule has 146 valence electrons. The quantitative estimate of drug-likeness (QED) is 0.618. The monoisotopic (exact) mass is 407 g/mol. The van der Waals surface area contributed by atoms with Crippen LogP contribution in [0.4, 0.5) is 5.69 Å². The number of hydrogen-bond donors (Lipinski definition) is 2. The zero-order valence-corrected chi connectivity index (χ0v) is 16.2. The molecule has 1 amide bonds. The third-order valence-electron chi connectivity index (χ3n) is 4.75. The molecule has 3 aromatic rings. The number of benzene rings is 2. The first-order valence-corrected chi connectivity index (χ1v) is 9.67. The van der Waals surface area contributed by atoms with Crippen LogP contribution in [0.3, 0.4) is 0 Å². The number of para-hydroxylation sites is 2. The number of hydrogen-bond acceptors (Lipinski definition) is 6. The number of anilines is 1. The molecule has 6 nitrogen and oxygen atoms in total. The number of aromatic hydroxyl groups is 1. The number of carbonyl (C=O) groups excluding carboxylic acids is 2. The van der Waals surface area contributed by atoms with E-state index in [4.69, 9.17) is 4.74 Å². The average molecular weight is 407 g/mol. The second kappa shape index (κ2) is 7.44. The highest BCUT2D eigenvalue weighted by atomic mass is 32.1. The standard InChI is InChI=1S/C22H17NO5S/c1-28-16-6-3-2-5-15(16)23-19(13-8-10-14(24)11-9-13)18(21(26)22(23)27)20(25)17-7-4-12-29-17/h2-12,19,24,26H,1H3. The number of phenolic OH excluding ortho intramolecular Hbond substituents is 1. The highest BCUT2D eigenvalue weighted by Crippen LogP contribution is 2.45. The lowest BCUT2D eigenvalue weighted by atomic mass is 9.95. The molecule has 1 unspecified atom stereocenters. The fourth-order valence-electron chi connectivity index (χ4n) is 3.43. The molecular weight excluding hydrogens is 390 g/mol. The number of amides is 1. The normalized spacial score (nSPS) is 16.4. The first-order valence-electron chi connectivity index (χ1n) is 8.79. The summed E-state index contributed by atoms with van der Waals surface area (Å²) in [7, 11) is 1.49. The Morgan fingerprint density at radius 3 is 2.41 bits per heavy atom. The van der Waals surface area contributed by atoms with Gasteiger partial charge in [0, 0.05) is 0 Å². The van der Waals surface area contributed by atoms with Crippen molar-refractivity contribution in [2.45, 2.75) is 6.04 Å². The Morgan fingerprint density at radius 2 is 1.76 bits per heavy atom. The van der Waals surface area contributed by atoms with E-state index in [2.05, 4.69) is 0 Å². The van der Waals surface area contributed by atoms with Crippen LogP contribution in [0.25, 0.3) is 0 Å². The summed E-state index contributed by atoms with van der Waals surface area (Å²) in [5, 5.41) is 22.1. The van der Waals surface area contributed by atoms with Gasteiger partial charge in [-0.05, 0) is 41.3 Å². The van der Waals surface area contributed by atoms with Crippen LogP contribution in [-0.2, 0) is 4.79 Å². The van der Waals surface area contributed by atoms with Crippen molar-refractivity contribution in [2.75, 3.05) is 12.0 Å². The van der Waals surface area contributed by atoms with Gasteiger partial charge >= 0.3 is 0 Å². The van der Waals surface area contributed by atoms with E-state index in [1.807, 2.05) is 0 Å². The van der Waals surface area contributed by atoms with Crippen LogP contribution >= 0.6 is 11.3 Å². The van der Waals surface area contributed by atoms with Crippen molar-refractivity contribution in [3.8, 4) is 11.5 Å². The molecule has 0 radical (unpaired) electrons. The minimum absolute atomic E-state index is 0.00551. The summed E-state index contributed by atoms with van der Waals surface area (Å²) < 4.78 is 5.40. The summed E-state index contributed by atoms with van der Waals surface area (Å²) >= 11 is 1.24. The van der Waals surface area contributed by atoms with Crippen molar-refractivity contribution in [2.24, 2.45) is 0 Å². The van der Waals surface area contributed by atoms with Gasteiger partial charge < -0.3 is 14.9 Å². The number of nitrogens with zero attached hydrogens (tertiary/aromatic N) is 1. The van der Waals surface area contributed by atoms with Gasteiger partial charge in [0.15, 0.2) is 5.76 Å². The maximum absolute atomic E-state index is 13.2. The fourth-order valence-corrected chi connectivity index (χ4v) is 4.10. The minimum Gasteiger partial charge on any atom is -0.508 e. The molecule has 0 aliphatic carbocycles. The summed E-state index contributed by atoms with van der Waals surface area (Å²) in [6.07, 6.45) is 0. The van der Waals surface area contributed by atoms with Gasteiger partial charge in [-0.25, -0.2) is 0 Å². The van der Waals surface area contributed by atoms with Crippen molar-refractivity contribution in [1.29, 1.82) is 0 Å². The summed E-state index contributed by atoms with van der Waals surface area (Å²) in [4.78, 5) is 28.0. The smallest absolute Gasteiger partial charge is 0.294 e. The maximum Gasteiger partial charge on any atom is 0.294 e. The number of methoxy groups -OCH3 is 1. The van der Waals surface area contributed by atoms with Gasteiger partial charge in [0.2, 0.25) is 5.78 Å². The summed E-state index contributed by atoms with van der Waals surface area (Å²) in [5.41, 5.74) is 0.999. The lowest BCUT2D eigenvalue weighted by Crippen LogP contribution is -2.31. The van der Waals surface area contributed by atoms with Crippen molar-refractivity contribution in [3.05, 3.63) is 87.8 Å². The van der Waals surface area contributed by atoms with Gasteiger partial charge in [0.05, 0.1) is 29.3 Å². The largest absolute Gasteiger partial charge is 0.508 e. The van der Waals surface area contributed by atoms with Crippen LogP contribution in [0.15, 0.2) is 77.4 Å². The summed E-state index contributed by atoms with van der Waals surface area (Å²) in [6.45, 7) is 0. The zero-order valence-electron chi connectivity index (χ0n) is 15.4. The van der Waals surface area contributed by atoms with Crippen LogP contribution in [-0.4, -0.2) is 29.0 Å². The molecule has 1 atom stereocenters. The fraction of sp³-hybridized carbons (Fsp3) is 0.0909. The van der Waals surface area contributed by atoms with E-state index in [0.29, 0.717) is 21.9 Å². The topological polar surface area (TPSA) is 87.1 Å². The Kier molecular flexibility index (Phi) is 4.82. The van der Waals surface area contributed by atoms with Crippen LogP contribution in [0.2, 0.25) is 0 Å². The molecule has 2 N–H and O–H groups in total. The number of aliphatic hydroxyl groups excluding tert-OH is 1. The Morgan fingerprint density at radius 1 is 1.03 bits per heavy atom. The van der Waals surface area contributed by atoms with Crippen LogP contribution < -0.4 is 9.64 Å². The van der Waals surface area contributed by atoms with E-state index in [0.717, 1.165) is 0 Å². The molecule has 29 heavy (non-hydrogen) atoms. The number of ketones is 1.